The molecule has 0 spiro atoms. The molecule has 1 saturated heterocycles. The third-order valence-corrected chi connectivity index (χ3v) is 2.92. The quantitative estimate of drug-likeness (QED) is 0.728. The molecule has 1 fully saturated rings. The van der Waals surface area contributed by atoms with Crippen LogP contribution in [-0.4, -0.2) is 16.6 Å². The second-order valence-electron chi connectivity index (χ2n) is 4.27. The first-order valence-corrected chi connectivity index (χ1v) is 5.16. The Hall–Kier alpha value is -1.35. The first-order valence-electron chi connectivity index (χ1n) is 5.16. The zero-order valence-corrected chi connectivity index (χ0v) is 8.73. The minimum Gasteiger partial charge on any atom is -0.388 e. The van der Waals surface area contributed by atoms with Crippen LogP contribution in [0.3, 0.4) is 0 Å². The average Bonchev–Trinajstić information content (AvgIpc) is 2.23. The second kappa shape index (κ2) is 3.66. The van der Waals surface area contributed by atoms with Gasteiger partial charge in [0.25, 0.3) is 0 Å². The molecule has 80 valence electrons. The molecule has 0 saturated carbocycles. The molecule has 1 amide bonds. The number of carbonyl (C=O) groups is 1. The van der Waals surface area contributed by atoms with E-state index in [9.17, 15) is 9.90 Å². The Morgan fingerprint density at radius 3 is 2.73 bits per heavy atom. The highest BCUT2D eigenvalue weighted by atomic mass is 16.3. The molecule has 0 unspecified atom stereocenters. The maximum Gasteiger partial charge on any atom is 0.220 e. The van der Waals surface area contributed by atoms with E-state index in [-0.39, 0.29) is 11.9 Å². The number of amides is 1. The van der Waals surface area contributed by atoms with Gasteiger partial charge in [0.1, 0.15) is 0 Å². The van der Waals surface area contributed by atoms with Gasteiger partial charge in [-0.15, -0.1) is 0 Å². The van der Waals surface area contributed by atoms with Crippen molar-refractivity contribution >= 4 is 5.91 Å². The van der Waals surface area contributed by atoms with Crippen molar-refractivity contribution in [3.8, 4) is 0 Å². The van der Waals surface area contributed by atoms with E-state index in [0.717, 1.165) is 5.56 Å². The van der Waals surface area contributed by atoms with Crippen molar-refractivity contribution in [3.05, 3.63) is 35.9 Å². The zero-order chi connectivity index (χ0) is 10.9. The largest absolute Gasteiger partial charge is 0.388 e. The summed E-state index contributed by atoms with van der Waals surface area (Å²) in [5.74, 6) is 0.00961. The van der Waals surface area contributed by atoms with Gasteiger partial charge in [0.05, 0.1) is 11.6 Å². The molecule has 2 atom stereocenters. The van der Waals surface area contributed by atoms with E-state index in [1.54, 1.807) is 6.92 Å². The summed E-state index contributed by atoms with van der Waals surface area (Å²) in [6.07, 6.45) is 0.911. The summed E-state index contributed by atoms with van der Waals surface area (Å²) in [5, 5.41) is 13.0. The number of rotatable bonds is 1. The van der Waals surface area contributed by atoms with Crippen molar-refractivity contribution in [2.24, 2.45) is 0 Å². The van der Waals surface area contributed by atoms with Crippen LogP contribution in [0.25, 0.3) is 0 Å². The van der Waals surface area contributed by atoms with Crippen LogP contribution < -0.4 is 5.32 Å². The van der Waals surface area contributed by atoms with Gasteiger partial charge in [0.15, 0.2) is 0 Å². The number of hydrogen-bond acceptors (Lipinski definition) is 2. The van der Waals surface area contributed by atoms with Gasteiger partial charge in [-0.2, -0.15) is 0 Å². The van der Waals surface area contributed by atoms with E-state index in [1.807, 2.05) is 30.3 Å². The molecule has 2 rings (SSSR count). The highest BCUT2D eigenvalue weighted by molar-refractivity contribution is 5.77. The summed E-state index contributed by atoms with van der Waals surface area (Å²) in [4.78, 5) is 11.3. The lowest BCUT2D eigenvalue weighted by atomic mass is 9.83. The van der Waals surface area contributed by atoms with Gasteiger partial charge in [-0.3, -0.25) is 4.79 Å². The van der Waals surface area contributed by atoms with Crippen LogP contribution >= 0.6 is 0 Å². The van der Waals surface area contributed by atoms with Gasteiger partial charge in [0.2, 0.25) is 5.91 Å². The van der Waals surface area contributed by atoms with Crippen LogP contribution in [0.2, 0.25) is 0 Å². The summed E-state index contributed by atoms with van der Waals surface area (Å²) in [5.41, 5.74) is 0.102. The molecular formula is C12H15NO2. The molecule has 3 heteroatoms. The van der Waals surface area contributed by atoms with E-state index in [1.165, 1.54) is 0 Å². The number of carbonyl (C=O) groups excluding carboxylic acids is 1. The van der Waals surface area contributed by atoms with Crippen LogP contribution in [0, 0.1) is 0 Å². The minimum absolute atomic E-state index is 0.00961. The second-order valence-corrected chi connectivity index (χ2v) is 4.27. The number of aliphatic hydroxyl groups is 1. The van der Waals surface area contributed by atoms with Crippen molar-refractivity contribution in [2.45, 2.75) is 31.4 Å². The first-order chi connectivity index (χ1) is 7.09. The number of nitrogens with one attached hydrogen (secondary N) is 1. The molecule has 1 aromatic rings. The third-order valence-electron chi connectivity index (χ3n) is 2.92. The standard InChI is InChI=1S/C12H15NO2/c1-12(15)8-7-10(14)13-11(12)9-5-3-2-4-6-9/h2-6,11,15H,7-8H2,1H3,(H,13,14)/t11-,12-/m0/s1. The van der Waals surface area contributed by atoms with Crippen molar-refractivity contribution < 1.29 is 9.90 Å². The highest BCUT2D eigenvalue weighted by Gasteiger charge is 2.38. The minimum atomic E-state index is -0.852. The Kier molecular flexibility index (Phi) is 2.49. The van der Waals surface area contributed by atoms with E-state index in [0.29, 0.717) is 12.8 Å². The van der Waals surface area contributed by atoms with Gasteiger partial charge in [-0.1, -0.05) is 30.3 Å². The molecule has 2 N–H and O–H groups in total. The summed E-state index contributed by atoms with van der Waals surface area (Å²) < 4.78 is 0. The maximum absolute atomic E-state index is 11.3. The molecule has 15 heavy (non-hydrogen) atoms. The number of benzene rings is 1. The van der Waals surface area contributed by atoms with Crippen LogP contribution in [0.15, 0.2) is 30.3 Å². The average molecular weight is 205 g/mol. The van der Waals surface area contributed by atoms with Crippen molar-refractivity contribution in [2.75, 3.05) is 0 Å². The predicted octanol–water partition coefficient (Wildman–Crippen LogP) is 1.39. The topological polar surface area (TPSA) is 49.3 Å². The number of piperidine rings is 1. The van der Waals surface area contributed by atoms with Crippen LogP contribution in [-0.2, 0) is 4.79 Å². The Morgan fingerprint density at radius 2 is 2.07 bits per heavy atom. The Morgan fingerprint density at radius 1 is 1.40 bits per heavy atom. The first kappa shape index (κ1) is 10.2. The van der Waals surface area contributed by atoms with Crippen molar-refractivity contribution in [1.29, 1.82) is 0 Å². The normalized spacial score (nSPS) is 31.1. The van der Waals surface area contributed by atoms with E-state index < -0.39 is 5.60 Å². The molecule has 1 heterocycles. The van der Waals surface area contributed by atoms with Gasteiger partial charge in [-0.25, -0.2) is 0 Å². The van der Waals surface area contributed by atoms with Gasteiger partial charge in [-0.05, 0) is 18.9 Å². The molecule has 0 aliphatic carbocycles. The lowest BCUT2D eigenvalue weighted by Crippen LogP contribution is -2.49. The molecular weight excluding hydrogens is 190 g/mol. The Balaban J connectivity index is 2.29. The smallest absolute Gasteiger partial charge is 0.220 e. The van der Waals surface area contributed by atoms with Crippen molar-refractivity contribution in [1.82, 2.24) is 5.32 Å². The summed E-state index contributed by atoms with van der Waals surface area (Å²) >= 11 is 0. The van der Waals surface area contributed by atoms with Crippen molar-refractivity contribution in [3.63, 3.8) is 0 Å². The summed E-state index contributed by atoms with van der Waals surface area (Å²) in [6, 6.07) is 9.29. The third kappa shape index (κ3) is 2.02. The van der Waals surface area contributed by atoms with Gasteiger partial charge in [0, 0.05) is 6.42 Å². The van der Waals surface area contributed by atoms with Crippen LogP contribution in [0.4, 0.5) is 0 Å². The van der Waals surface area contributed by atoms with E-state index in [2.05, 4.69) is 5.32 Å². The summed E-state index contributed by atoms with van der Waals surface area (Å²) in [6.45, 7) is 1.77. The lowest BCUT2D eigenvalue weighted by Gasteiger charge is -2.37. The zero-order valence-electron chi connectivity index (χ0n) is 8.73. The molecule has 1 aliphatic rings. The fraction of sp³-hybridized carbons (Fsp3) is 0.417. The Labute approximate surface area is 89.1 Å². The molecule has 1 aromatic carbocycles. The SMILES string of the molecule is C[C@]1(O)CCC(=O)N[C@H]1c1ccccc1. The molecule has 0 radical (unpaired) electrons. The van der Waals surface area contributed by atoms with E-state index in [4.69, 9.17) is 0 Å². The number of hydrogen-bond donors (Lipinski definition) is 2. The fourth-order valence-electron chi connectivity index (χ4n) is 1.99. The highest BCUT2D eigenvalue weighted by Crippen LogP contribution is 2.32. The van der Waals surface area contributed by atoms with Crippen LogP contribution in [0.1, 0.15) is 31.4 Å². The monoisotopic (exact) mass is 205 g/mol. The lowest BCUT2D eigenvalue weighted by molar-refractivity contribution is -0.130. The fourth-order valence-corrected chi connectivity index (χ4v) is 1.99. The molecule has 3 nitrogen and oxygen atoms in total. The maximum atomic E-state index is 11.3. The molecule has 1 aliphatic heterocycles. The van der Waals surface area contributed by atoms with E-state index >= 15 is 0 Å². The predicted molar refractivity (Wildman–Crippen MR) is 57.2 cm³/mol. The van der Waals surface area contributed by atoms with Gasteiger partial charge >= 0.3 is 0 Å². The molecule has 0 bridgehead atoms. The Bertz CT molecular complexity index is 359. The van der Waals surface area contributed by atoms with Gasteiger partial charge < -0.3 is 10.4 Å². The van der Waals surface area contributed by atoms with Crippen LogP contribution in [0.5, 0.6) is 0 Å². The summed E-state index contributed by atoms with van der Waals surface area (Å²) in [7, 11) is 0. The molecule has 0 aromatic heterocycles.